The van der Waals surface area contributed by atoms with Crippen molar-refractivity contribution in [2.24, 2.45) is 11.8 Å². The highest BCUT2D eigenvalue weighted by molar-refractivity contribution is 6.00. The maximum Gasteiger partial charge on any atom is 0.407 e. The second-order valence-electron chi connectivity index (χ2n) is 17.2. The zero-order valence-corrected chi connectivity index (χ0v) is 37.4. The number of esters is 1. The van der Waals surface area contributed by atoms with Gasteiger partial charge in [0, 0.05) is 61.4 Å². The number of phenolic OH excluding ortho intramolecular Hbond substituents is 1. The molecule has 3 amide bonds. The zero-order chi connectivity index (χ0) is 46.0. The summed E-state index contributed by atoms with van der Waals surface area (Å²) < 4.78 is 16.6. The molecule has 0 aliphatic carbocycles. The molecule has 13 heteroatoms. The number of carbonyl (C=O) groups excluding carboxylic acids is 6. The van der Waals surface area contributed by atoms with Crippen molar-refractivity contribution in [2.75, 3.05) is 27.3 Å². The van der Waals surface area contributed by atoms with E-state index in [2.05, 4.69) is 10.6 Å². The second-order valence-corrected chi connectivity index (χ2v) is 17.2. The van der Waals surface area contributed by atoms with Crippen molar-refractivity contribution in [3.63, 3.8) is 0 Å². The lowest BCUT2D eigenvalue weighted by molar-refractivity contribution is -0.146. The number of hydrogen-bond acceptors (Lipinski definition) is 10. The minimum atomic E-state index is -1.28. The van der Waals surface area contributed by atoms with Crippen LogP contribution < -0.4 is 15.4 Å². The van der Waals surface area contributed by atoms with Crippen LogP contribution in [0.5, 0.6) is 11.5 Å². The number of rotatable bonds is 13. The molecule has 0 saturated heterocycles. The third-order valence-electron chi connectivity index (χ3n) is 10.9. The average molecular weight is 862 g/mol. The molecule has 0 saturated carbocycles. The number of hydrogen-bond donors (Lipinski definition) is 3. The Bertz CT molecular complexity index is 2300. The first-order chi connectivity index (χ1) is 29.9. The molecule has 0 radical (unpaired) electrons. The summed E-state index contributed by atoms with van der Waals surface area (Å²) in [5, 5.41) is 16.7. The van der Waals surface area contributed by atoms with E-state index in [9.17, 15) is 33.9 Å². The number of methoxy groups -OCH3 is 1. The summed E-state index contributed by atoms with van der Waals surface area (Å²) in [5.41, 5.74) is 4.40. The summed E-state index contributed by atoms with van der Waals surface area (Å²) in [6.45, 7) is 11.0. The van der Waals surface area contributed by atoms with Crippen LogP contribution >= 0.6 is 0 Å². The second kappa shape index (κ2) is 21.0. The molecular formula is C50H59N3O10. The number of nitrogens with one attached hydrogen (secondary N) is 2. The van der Waals surface area contributed by atoms with Crippen LogP contribution in [0.25, 0.3) is 22.3 Å². The van der Waals surface area contributed by atoms with Crippen molar-refractivity contribution in [3.8, 4) is 33.8 Å². The zero-order valence-electron chi connectivity index (χ0n) is 37.4. The molecule has 13 nitrogen and oxygen atoms in total. The molecule has 4 aromatic carbocycles. The van der Waals surface area contributed by atoms with Gasteiger partial charge in [0.05, 0.1) is 13.7 Å². The van der Waals surface area contributed by atoms with E-state index in [1.54, 1.807) is 70.2 Å². The quantitative estimate of drug-likeness (QED) is 0.0884. The van der Waals surface area contributed by atoms with Gasteiger partial charge in [-0.15, -0.1) is 0 Å². The van der Waals surface area contributed by atoms with Crippen LogP contribution in [0.4, 0.5) is 4.79 Å². The van der Waals surface area contributed by atoms with Gasteiger partial charge in [-0.2, -0.15) is 0 Å². The van der Waals surface area contributed by atoms with Crippen molar-refractivity contribution in [2.45, 2.75) is 91.3 Å². The normalized spacial score (nSPS) is 17.0. The summed E-state index contributed by atoms with van der Waals surface area (Å²) >= 11 is 0. The fourth-order valence-corrected chi connectivity index (χ4v) is 7.54. The molecule has 5 rings (SSSR count). The lowest BCUT2D eigenvalue weighted by Crippen LogP contribution is -2.46. The summed E-state index contributed by atoms with van der Waals surface area (Å²) in [6, 6.07) is 22.6. The summed E-state index contributed by atoms with van der Waals surface area (Å²) in [6.07, 6.45) is -0.499. The van der Waals surface area contributed by atoms with Crippen molar-refractivity contribution in [1.82, 2.24) is 15.5 Å². The Morgan fingerprint density at radius 2 is 1.57 bits per heavy atom. The topological polar surface area (TPSA) is 178 Å². The third kappa shape index (κ3) is 12.6. The lowest BCUT2D eigenvalue weighted by Gasteiger charge is -2.32. The first-order valence-electron chi connectivity index (χ1n) is 21.3. The lowest BCUT2D eigenvalue weighted by atomic mass is 9.88. The van der Waals surface area contributed by atoms with Crippen LogP contribution in [-0.4, -0.2) is 84.4 Å². The number of nitrogens with zero attached hydrogens (tertiary/aromatic N) is 1. The molecule has 4 bridgehead atoms. The molecule has 1 aliphatic heterocycles. The fourth-order valence-electron chi connectivity index (χ4n) is 7.54. The number of amides is 3. The molecule has 0 unspecified atom stereocenters. The molecule has 63 heavy (non-hydrogen) atoms. The third-order valence-corrected chi connectivity index (χ3v) is 10.9. The van der Waals surface area contributed by atoms with E-state index in [-0.39, 0.29) is 43.8 Å². The van der Waals surface area contributed by atoms with Gasteiger partial charge in [-0.1, -0.05) is 80.1 Å². The number of carbonyl (C=O) groups is 6. The Labute approximate surface area is 369 Å². The number of Topliss-reactive ketones (excluding diaryl/α,β-unsaturated/α-hetero) is 2. The van der Waals surface area contributed by atoms with Gasteiger partial charge in [0.2, 0.25) is 11.8 Å². The first kappa shape index (κ1) is 47.5. The molecule has 0 spiro atoms. The molecule has 4 atom stereocenters. The van der Waals surface area contributed by atoms with Gasteiger partial charge in [0.15, 0.2) is 11.6 Å². The number of alkyl carbamates (subject to hydrolysis) is 1. The predicted octanol–water partition coefficient (Wildman–Crippen LogP) is 7.94. The minimum Gasteiger partial charge on any atom is -0.507 e. The average Bonchev–Trinajstić information content (AvgIpc) is 3.24. The standard InChI is InChI=1S/C50H59N3O10/c1-9-24-62-44-21-19-36-28-39(44)38-26-32(12-20-41(38)54)27-40(48(59)61-8)52-46(57)31(3)25-43(56)45(36)53(7)47(58)37(22-23-51-49(60)63-50(4,5)6)29-42(55)35-17-15-34(16-18-35)33-13-10-30(2)11-14-33/h10-21,26,28,31,37,40,45,54H,9,22-25,27,29H2,1-8H3,(H,51,60)(H,52,57)/t31-,37-,40+,45+/m1/s1. The van der Waals surface area contributed by atoms with Crippen LogP contribution in [0.2, 0.25) is 0 Å². The van der Waals surface area contributed by atoms with Crippen LogP contribution in [-0.2, 0) is 35.1 Å². The summed E-state index contributed by atoms with van der Waals surface area (Å²) in [5.74, 6) is -4.25. The molecule has 4 aromatic rings. The highest BCUT2D eigenvalue weighted by Crippen LogP contribution is 2.40. The number of phenols is 1. The largest absolute Gasteiger partial charge is 0.507 e. The van der Waals surface area contributed by atoms with Crippen molar-refractivity contribution >= 4 is 35.4 Å². The molecule has 0 aromatic heterocycles. The highest BCUT2D eigenvalue weighted by Gasteiger charge is 2.36. The van der Waals surface area contributed by atoms with Crippen molar-refractivity contribution in [3.05, 3.63) is 107 Å². The minimum absolute atomic E-state index is 0.0147. The maximum atomic E-state index is 14.9. The van der Waals surface area contributed by atoms with Crippen LogP contribution in [0.3, 0.4) is 0 Å². The van der Waals surface area contributed by atoms with Gasteiger partial charge < -0.3 is 34.9 Å². The van der Waals surface area contributed by atoms with Gasteiger partial charge >= 0.3 is 12.1 Å². The Kier molecular flexibility index (Phi) is 15.9. The fraction of sp³-hybridized carbons (Fsp3) is 0.400. The molecule has 0 fully saturated rings. The van der Waals surface area contributed by atoms with Crippen LogP contribution in [0, 0.1) is 18.8 Å². The highest BCUT2D eigenvalue weighted by atomic mass is 16.6. The number of aromatic hydroxyl groups is 1. The SMILES string of the molecule is CCCOc1ccc2cc1-c1cc(ccc1O)C[C@@H](C(=O)OC)NC(=O)[C@H](C)CC(=O)[C@H]2N(C)C(=O)[C@H](CCNC(=O)OC(C)(C)C)CC(=O)c1ccc(-c2ccc(C)cc2)cc1. The molecule has 3 N–H and O–H groups in total. The van der Waals surface area contributed by atoms with E-state index >= 15 is 0 Å². The monoisotopic (exact) mass is 861 g/mol. The van der Waals surface area contributed by atoms with Crippen molar-refractivity contribution in [1.29, 1.82) is 0 Å². The summed E-state index contributed by atoms with van der Waals surface area (Å²) in [7, 11) is 2.69. The number of ether oxygens (including phenoxy) is 3. The van der Waals surface area contributed by atoms with Crippen LogP contribution in [0.15, 0.2) is 84.9 Å². The number of ketones is 2. The Morgan fingerprint density at radius 1 is 0.905 bits per heavy atom. The predicted molar refractivity (Wildman–Crippen MR) is 239 cm³/mol. The Hall–Kier alpha value is -6.50. The van der Waals surface area contributed by atoms with Gasteiger partial charge in [0.1, 0.15) is 29.2 Å². The Balaban J connectivity index is 1.55. The van der Waals surface area contributed by atoms with Crippen molar-refractivity contribution < 1.29 is 48.1 Å². The van der Waals surface area contributed by atoms with E-state index in [4.69, 9.17) is 14.2 Å². The smallest absolute Gasteiger partial charge is 0.407 e. The van der Waals surface area contributed by atoms with Gasteiger partial charge in [-0.05, 0) is 87.1 Å². The number of likely N-dealkylation sites (N-methyl/N-ethyl adjacent to an activating group) is 1. The number of benzene rings is 4. The van der Waals surface area contributed by atoms with E-state index in [0.29, 0.717) is 46.6 Å². The van der Waals surface area contributed by atoms with E-state index in [0.717, 1.165) is 16.7 Å². The van der Waals surface area contributed by atoms with Crippen LogP contribution in [0.1, 0.15) is 93.4 Å². The maximum absolute atomic E-state index is 14.9. The molecule has 1 aliphatic rings. The number of aryl methyl sites for hydroxylation is 1. The molecule has 1 heterocycles. The first-order valence-corrected chi connectivity index (χ1v) is 21.3. The summed E-state index contributed by atoms with van der Waals surface area (Å²) in [4.78, 5) is 84.0. The van der Waals surface area contributed by atoms with E-state index in [1.165, 1.54) is 25.1 Å². The molecular weight excluding hydrogens is 803 g/mol. The van der Waals surface area contributed by atoms with E-state index < -0.39 is 59.2 Å². The van der Waals surface area contributed by atoms with Gasteiger partial charge in [0.25, 0.3) is 0 Å². The number of fused-ring (bicyclic) bond motifs is 5. The van der Waals surface area contributed by atoms with Gasteiger partial charge in [-0.25, -0.2) is 9.59 Å². The van der Waals surface area contributed by atoms with Gasteiger partial charge in [-0.3, -0.25) is 19.2 Å². The molecule has 334 valence electrons. The van der Waals surface area contributed by atoms with E-state index in [1.807, 2.05) is 50.2 Å². The Morgan fingerprint density at radius 3 is 2.21 bits per heavy atom.